The van der Waals surface area contributed by atoms with Crippen molar-refractivity contribution in [1.82, 2.24) is 0 Å². The summed E-state index contributed by atoms with van der Waals surface area (Å²) >= 11 is 0. The molecule has 0 spiro atoms. The SMILES string of the molecule is FC(F)(F)C(F)(F)C(F)(F)OC(F)(C(F)(F)F)C(F)(F)OC(F)(C(F)(F)F)C(F)(F)C(F)(F)C(F)(F)C(F)(F)F. The molecule has 2 unspecified atom stereocenters. The Bertz CT molecular complexity index is 903. The van der Waals surface area contributed by atoms with E-state index in [4.69, 9.17) is 0 Å². The topological polar surface area (TPSA) is 18.5 Å². The Labute approximate surface area is 197 Å². The summed E-state index contributed by atoms with van der Waals surface area (Å²) in [6.07, 6.45) is -51.0. The van der Waals surface area contributed by atoms with Crippen LogP contribution in [0.15, 0.2) is 0 Å². The molecule has 2 atom stereocenters. The second-order valence-corrected chi connectivity index (χ2v) is 6.72. The first-order valence-corrected chi connectivity index (χ1v) is 7.98. The number of hydrogen-bond donors (Lipinski definition) is 0. The number of halogens is 26. The zero-order chi connectivity index (χ0) is 33.4. The summed E-state index contributed by atoms with van der Waals surface area (Å²) in [7, 11) is 0. The Hall–Kier alpha value is -1.90. The largest absolute Gasteiger partial charge is 0.462 e. The maximum atomic E-state index is 13.9. The van der Waals surface area contributed by atoms with Gasteiger partial charge in [-0.15, -0.1) is 0 Å². The smallest absolute Gasteiger partial charge is 0.265 e. The van der Waals surface area contributed by atoms with Gasteiger partial charge in [-0.3, -0.25) is 9.47 Å². The molecule has 0 saturated heterocycles. The van der Waals surface area contributed by atoms with Crippen molar-refractivity contribution >= 4 is 0 Å². The van der Waals surface area contributed by atoms with Crippen LogP contribution in [-0.2, 0) is 9.47 Å². The molecule has 0 radical (unpaired) electrons. The number of alkyl halides is 26. The molecule has 0 aliphatic heterocycles. The highest BCUT2D eigenvalue weighted by Gasteiger charge is 2.94. The predicted octanol–water partition coefficient (Wildman–Crippen LogP) is 8.33. The molecule has 0 bridgehead atoms. The Kier molecular flexibility index (Phi) is 8.86. The van der Waals surface area contributed by atoms with Crippen LogP contribution in [0.5, 0.6) is 0 Å². The van der Waals surface area contributed by atoms with E-state index in [2.05, 4.69) is 0 Å². The van der Waals surface area contributed by atoms with Crippen LogP contribution in [0.3, 0.4) is 0 Å². The van der Waals surface area contributed by atoms with Gasteiger partial charge in [0.25, 0.3) is 0 Å². The first kappa shape index (κ1) is 38.1. The van der Waals surface area contributed by atoms with E-state index in [1.165, 1.54) is 0 Å². The molecule has 0 aromatic heterocycles. The summed E-state index contributed by atoms with van der Waals surface area (Å²) in [5.41, 5.74) is 0. The van der Waals surface area contributed by atoms with E-state index in [1.807, 2.05) is 0 Å². The standard InChI is InChI=1S/C12F26O2/c13-1(14,3(17,18)7(23,24)25)2(15,16)5(21,9(29,30)31)39-12(37,38)6(22,10(32,33)34)40-11(35,36)4(19,20)8(26,27)28. The molecule has 0 heterocycles. The normalized spacial score (nSPS) is 19.4. The average molecular weight is 670 g/mol. The first-order valence-electron chi connectivity index (χ1n) is 7.98. The summed E-state index contributed by atoms with van der Waals surface area (Å²) in [4.78, 5) is 0. The van der Waals surface area contributed by atoms with E-state index in [0.29, 0.717) is 0 Å². The fraction of sp³-hybridized carbons (Fsp3) is 1.00. The quantitative estimate of drug-likeness (QED) is 0.230. The highest BCUT2D eigenvalue weighted by atomic mass is 19.4. The molecule has 0 N–H and O–H groups in total. The van der Waals surface area contributed by atoms with Crippen molar-refractivity contribution < 1.29 is 124 Å². The van der Waals surface area contributed by atoms with Crippen LogP contribution >= 0.6 is 0 Å². The van der Waals surface area contributed by atoms with Crippen molar-refractivity contribution in [1.29, 1.82) is 0 Å². The van der Waals surface area contributed by atoms with Gasteiger partial charge in [0.05, 0.1) is 0 Å². The van der Waals surface area contributed by atoms with Gasteiger partial charge in [0.2, 0.25) is 0 Å². The second kappa shape index (κ2) is 9.30. The summed E-state index contributed by atoms with van der Waals surface area (Å²) < 4.78 is 335. The number of rotatable bonds is 9. The number of ether oxygens (including phenoxy) is 2. The van der Waals surface area contributed by atoms with Gasteiger partial charge in [-0.1, -0.05) is 0 Å². The van der Waals surface area contributed by atoms with Crippen LogP contribution in [0.4, 0.5) is 114 Å². The first-order chi connectivity index (χ1) is 16.7. The Morgan fingerprint density at radius 3 is 0.750 bits per heavy atom. The van der Waals surface area contributed by atoms with Crippen molar-refractivity contribution in [2.24, 2.45) is 0 Å². The van der Waals surface area contributed by atoms with E-state index < -0.39 is 72.3 Å². The van der Waals surface area contributed by atoms with Crippen LogP contribution in [-0.4, -0.2) is 72.3 Å². The number of hydrogen-bond acceptors (Lipinski definition) is 2. The maximum Gasteiger partial charge on any atom is 0.462 e. The Morgan fingerprint density at radius 2 is 0.500 bits per heavy atom. The third-order valence-electron chi connectivity index (χ3n) is 3.91. The van der Waals surface area contributed by atoms with Crippen LogP contribution in [0.1, 0.15) is 0 Å². The van der Waals surface area contributed by atoms with E-state index >= 15 is 0 Å². The monoisotopic (exact) mass is 670 g/mol. The van der Waals surface area contributed by atoms with Crippen molar-refractivity contribution in [2.45, 2.75) is 72.3 Å². The molecule has 0 aromatic rings. The lowest BCUT2D eigenvalue weighted by molar-refractivity contribution is -0.569. The van der Waals surface area contributed by atoms with E-state index in [0.717, 1.165) is 9.47 Å². The van der Waals surface area contributed by atoms with Crippen molar-refractivity contribution in [3.63, 3.8) is 0 Å². The summed E-state index contributed by atoms with van der Waals surface area (Å²) in [5.74, 6) is -53.5. The average Bonchev–Trinajstić information content (AvgIpc) is 2.62. The fourth-order valence-electron chi connectivity index (χ4n) is 1.81. The van der Waals surface area contributed by atoms with Gasteiger partial charge >= 0.3 is 72.3 Å². The lowest BCUT2D eigenvalue weighted by Gasteiger charge is -2.44. The van der Waals surface area contributed by atoms with Gasteiger partial charge in [0.1, 0.15) is 0 Å². The van der Waals surface area contributed by atoms with Crippen molar-refractivity contribution in [3.05, 3.63) is 0 Å². The van der Waals surface area contributed by atoms with Crippen LogP contribution in [0.25, 0.3) is 0 Å². The minimum Gasteiger partial charge on any atom is -0.265 e. The third kappa shape index (κ3) is 5.36. The van der Waals surface area contributed by atoms with Crippen molar-refractivity contribution in [3.8, 4) is 0 Å². The molecule has 40 heavy (non-hydrogen) atoms. The molecule has 28 heteroatoms. The minimum atomic E-state index is -9.33. The highest BCUT2D eigenvalue weighted by molar-refractivity contribution is 5.10. The Balaban J connectivity index is 7.42. The van der Waals surface area contributed by atoms with Crippen molar-refractivity contribution in [2.75, 3.05) is 0 Å². The molecule has 242 valence electrons. The van der Waals surface area contributed by atoms with Crippen LogP contribution in [0.2, 0.25) is 0 Å². The van der Waals surface area contributed by atoms with Gasteiger partial charge in [-0.05, 0) is 0 Å². The molecule has 0 amide bonds. The van der Waals surface area contributed by atoms with Gasteiger partial charge < -0.3 is 0 Å². The molecule has 0 aliphatic carbocycles. The predicted molar refractivity (Wildman–Crippen MR) is 63.7 cm³/mol. The zero-order valence-corrected chi connectivity index (χ0v) is 16.6. The minimum absolute atomic E-state index is 0.750. The lowest BCUT2D eigenvalue weighted by Crippen LogP contribution is -2.74. The lowest BCUT2D eigenvalue weighted by atomic mass is 9.96. The molecule has 0 aliphatic rings. The highest BCUT2D eigenvalue weighted by Crippen LogP contribution is 2.63. The van der Waals surface area contributed by atoms with Gasteiger partial charge in [0.15, 0.2) is 0 Å². The van der Waals surface area contributed by atoms with Gasteiger partial charge in [-0.25, -0.2) is 0 Å². The van der Waals surface area contributed by atoms with E-state index in [1.54, 1.807) is 0 Å². The van der Waals surface area contributed by atoms with Crippen LogP contribution < -0.4 is 0 Å². The van der Waals surface area contributed by atoms with E-state index in [-0.39, 0.29) is 0 Å². The van der Waals surface area contributed by atoms with Gasteiger partial charge in [0, 0.05) is 0 Å². The molecular formula is C12F26O2. The molecule has 2 nitrogen and oxygen atoms in total. The fourth-order valence-corrected chi connectivity index (χ4v) is 1.81. The third-order valence-corrected chi connectivity index (χ3v) is 3.91. The summed E-state index contributed by atoms with van der Waals surface area (Å²) in [6, 6.07) is 0. The Morgan fingerprint density at radius 1 is 0.225 bits per heavy atom. The second-order valence-electron chi connectivity index (χ2n) is 6.72. The molecule has 0 fully saturated rings. The summed E-state index contributed by atoms with van der Waals surface area (Å²) in [6.45, 7) is 0. The molecule has 0 saturated carbocycles. The molecule has 0 aromatic carbocycles. The van der Waals surface area contributed by atoms with Gasteiger partial charge in [-0.2, -0.15) is 114 Å². The van der Waals surface area contributed by atoms with E-state index in [9.17, 15) is 114 Å². The summed E-state index contributed by atoms with van der Waals surface area (Å²) in [5, 5.41) is 0. The van der Waals surface area contributed by atoms with Crippen LogP contribution in [0, 0.1) is 0 Å². The molecular weight excluding hydrogens is 670 g/mol. The zero-order valence-electron chi connectivity index (χ0n) is 16.6. The molecule has 0 rings (SSSR count). The maximum absolute atomic E-state index is 13.9.